The first-order valence-electron chi connectivity index (χ1n) is 3.38. The van der Waals surface area contributed by atoms with Crippen LogP contribution in [0.1, 0.15) is 12.6 Å². The van der Waals surface area contributed by atoms with Gasteiger partial charge < -0.3 is 4.74 Å². The van der Waals surface area contributed by atoms with Crippen LogP contribution in [0.3, 0.4) is 0 Å². The van der Waals surface area contributed by atoms with Crippen LogP contribution in [-0.4, -0.2) is 11.0 Å². The number of nitrogens with zero attached hydrogens (tertiary/aromatic N) is 2. The highest BCUT2D eigenvalue weighted by Crippen LogP contribution is 2.13. The highest BCUT2D eigenvalue weighted by atomic mass is 19.1. The number of nitriles is 1. The van der Waals surface area contributed by atoms with Crippen LogP contribution in [0.15, 0.2) is 12.1 Å². The average Bonchev–Trinajstić information content (AvgIpc) is 2.08. The molecule has 0 N–H and O–H groups in total. The summed E-state index contributed by atoms with van der Waals surface area (Å²) in [6.45, 7) is 1.13. The summed E-state index contributed by atoms with van der Waals surface area (Å²) in [5.41, 5.74) is -0.00218. The Hall–Kier alpha value is -1.96. The second-order valence-electron chi connectivity index (χ2n) is 2.19. The van der Waals surface area contributed by atoms with Gasteiger partial charge in [0.15, 0.2) is 5.82 Å². The molecule has 0 amide bonds. The Bertz CT molecular complexity index is 384. The molecule has 66 valence electrons. The maximum atomic E-state index is 12.8. The van der Waals surface area contributed by atoms with Crippen LogP contribution in [0.2, 0.25) is 0 Å². The Morgan fingerprint density at radius 3 is 2.92 bits per heavy atom. The number of hydrogen-bond acceptors (Lipinski definition) is 4. The average molecular weight is 180 g/mol. The van der Waals surface area contributed by atoms with Gasteiger partial charge in [0.1, 0.15) is 11.8 Å². The lowest BCUT2D eigenvalue weighted by Gasteiger charge is -2.00. The molecule has 0 spiro atoms. The van der Waals surface area contributed by atoms with Crippen molar-refractivity contribution in [1.29, 1.82) is 5.26 Å². The van der Waals surface area contributed by atoms with E-state index in [0.29, 0.717) is 0 Å². The summed E-state index contributed by atoms with van der Waals surface area (Å²) >= 11 is 0. The highest BCUT2D eigenvalue weighted by molar-refractivity contribution is 5.68. The SMILES string of the molecule is CC(=O)Oc1nc(C#N)ccc1F. The van der Waals surface area contributed by atoms with Gasteiger partial charge in [0, 0.05) is 6.92 Å². The van der Waals surface area contributed by atoms with E-state index in [1.54, 1.807) is 6.07 Å². The third-order valence-corrected chi connectivity index (χ3v) is 1.17. The molecule has 0 aliphatic rings. The summed E-state index contributed by atoms with van der Waals surface area (Å²) in [6.07, 6.45) is 0. The molecule has 1 aromatic heterocycles. The van der Waals surface area contributed by atoms with E-state index in [2.05, 4.69) is 9.72 Å². The van der Waals surface area contributed by atoms with Crippen molar-refractivity contribution in [3.8, 4) is 11.9 Å². The predicted octanol–water partition coefficient (Wildman–Crippen LogP) is 1.02. The third-order valence-electron chi connectivity index (χ3n) is 1.17. The topological polar surface area (TPSA) is 63.0 Å². The molecule has 0 aromatic carbocycles. The Kier molecular flexibility index (Phi) is 2.55. The number of pyridine rings is 1. The number of carbonyl (C=O) groups excluding carboxylic acids is 1. The molecule has 0 bridgehead atoms. The van der Waals surface area contributed by atoms with Gasteiger partial charge in [-0.25, -0.2) is 4.39 Å². The first kappa shape index (κ1) is 9.13. The smallest absolute Gasteiger partial charge is 0.309 e. The fourth-order valence-electron chi connectivity index (χ4n) is 0.693. The molecule has 0 saturated carbocycles. The number of ether oxygens (including phenoxy) is 1. The van der Waals surface area contributed by atoms with Crippen molar-refractivity contribution in [3.05, 3.63) is 23.6 Å². The molecule has 0 atom stereocenters. The van der Waals surface area contributed by atoms with Crippen LogP contribution in [0.25, 0.3) is 0 Å². The molecule has 5 heteroatoms. The Labute approximate surface area is 73.6 Å². The van der Waals surface area contributed by atoms with Crippen molar-refractivity contribution < 1.29 is 13.9 Å². The lowest BCUT2D eigenvalue weighted by atomic mass is 10.3. The largest absolute Gasteiger partial charge is 0.404 e. The Morgan fingerprint density at radius 2 is 2.38 bits per heavy atom. The van der Waals surface area contributed by atoms with Gasteiger partial charge in [0.25, 0.3) is 5.88 Å². The minimum atomic E-state index is -0.769. The van der Waals surface area contributed by atoms with Crippen LogP contribution < -0.4 is 4.74 Å². The number of halogens is 1. The van der Waals surface area contributed by atoms with E-state index in [1.807, 2.05) is 0 Å². The molecule has 13 heavy (non-hydrogen) atoms. The molecule has 0 fully saturated rings. The van der Waals surface area contributed by atoms with Crippen molar-refractivity contribution in [2.24, 2.45) is 0 Å². The van der Waals surface area contributed by atoms with Crippen LogP contribution in [0.5, 0.6) is 5.88 Å². The van der Waals surface area contributed by atoms with E-state index in [4.69, 9.17) is 5.26 Å². The monoisotopic (exact) mass is 180 g/mol. The summed E-state index contributed by atoms with van der Waals surface area (Å²) in [6, 6.07) is 3.91. The lowest BCUT2D eigenvalue weighted by molar-refractivity contribution is -0.132. The van der Waals surface area contributed by atoms with Crippen LogP contribution >= 0.6 is 0 Å². The molecule has 1 aromatic rings. The van der Waals surface area contributed by atoms with Gasteiger partial charge in [-0.15, -0.1) is 0 Å². The summed E-state index contributed by atoms with van der Waals surface area (Å²) in [7, 11) is 0. The van der Waals surface area contributed by atoms with Gasteiger partial charge in [-0.2, -0.15) is 10.2 Å². The molecule has 0 aliphatic heterocycles. The highest BCUT2D eigenvalue weighted by Gasteiger charge is 2.08. The lowest BCUT2D eigenvalue weighted by Crippen LogP contribution is -2.05. The zero-order valence-corrected chi connectivity index (χ0v) is 6.74. The quantitative estimate of drug-likeness (QED) is 0.605. The van der Waals surface area contributed by atoms with Crippen LogP contribution in [0.4, 0.5) is 4.39 Å². The number of hydrogen-bond donors (Lipinski definition) is 0. The number of esters is 1. The minimum Gasteiger partial charge on any atom is -0.404 e. The zero-order valence-electron chi connectivity index (χ0n) is 6.74. The molecule has 1 rings (SSSR count). The van der Waals surface area contributed by atoms with Gasteiger partial charge in [0.05, 0.1) is 0 Å². The maximum absolute atomic E-state index is 12.8. The summed E-state index contributed by atoms with van der Waals surface area (Å²) < 4.78 is 17.2. The third kappa shape index (κ3) is 2.24. The molecule has 0 saturated heterocycles. The van der Waals surface area contributed by atoms with Gasteiger partial charge in [-0.05, 0) is 12.1 Å². The van der Waals surface area contributed by atoms with E-state index >= 15 is 0 Å². The zero-order chi connectivity index (χ0) is 9.84. The summed E-state index contributed by atoms with van der Waals surface area (Å²) in [5.74, 6) is -1.91. The maximum Gasteiger partial charge on any atom is 0.309 e. The molecule has 0 aliphatic carbocycles. The van der Waals surface area contributed by atoms with Crippen molar-refractivity contribution in [2.75, 3.05) is 0 Å². The van der Waals surface area contributed by atoms with Crippen molar-refractivity contribution in [3.63, 3.8) is 0 Å². The van der Waals surface area contributed by atoms with Gasteiger partial charge in [-0.1, -0.05) is 0 Å². The predicted molar refractivity (Wildman–Crippen MR) is 40.2 cm³/mol. The Morgan fingerprint density at radius 1 is 1.69 bits per heavy atom. The van der Waals surface area contributed by atoms with E-state index in [0.717, 1.165) is 13.0 Å². The summed E-state index contributed by atoms with van der Waals surface area (Å²) in [5, 5.41) is 8.41. The van der Waals surface area contributed by atoms with Crippen molar-refractivity contribution >= 4 is 5.97 Å². The second-order valence-corrected chi connectivity index (χ2v) is 2.19. The summed E-state index contributed by atoms with van der Waals surface area (Å²) in [4.78, 5) is 13.9. The van der Waals surface area contributed by atoms with Gasteiger partial charge in [-0.3, -0.25) is 4.79 Å². The molecule has 1 heterocycles. The normalized spacial score (nSPS) is 9.00. The first-order valence-corrected chi connectivity index (χ1v) is 3.38. The molecule has 0 radical (unpaired) electrons. The molecule has 4 nitrogen and oxygen atoms in total. The number of aromatic nitrogens is 1. The second kappa shape index (κ2) is 3.63. The Balaban J connectivity index is 3.05. The van der Waals surface area contributed by atoms with E-state index in [1.165, 1.54) is 6.07 Å². The number of carbonyl (C=O) groups is 1. The minimum absolute atomic E-state index is 0.00218. The van der Waals surface area contributed by atoms with Crippen LogP contribution in [0, 0.1) is 17.1 Å². The molecular weight excluding hydrogens is 175 g/mol. The van der Waals surface area contributed by atoms with Crippen LogP contribution in [-0.2, 0) is 4.79 Å². The van der Waals surface area contributed by atoms with Crippen molar-refractivity contribution in [1.82, 2.24) is 4.98 Å². The molecular formula is C8H5FN2O2. The number of rotatable bonds is 1. The van der Waals surface area contributed by atoms with E-state index in [9.17, 15) is 9.18 Å². The standard InChI is InChI=1S/C8H5FN2O2/c1-5(12)13-8-7(9)3-2-6(4-10)11-8/h2-3H,1H3. The fourth-order valence-corrected chi connectivity index (χ4v) is 0.693. The van der Waals surface area contributed by atoms with Gasteiger partial charge in [0.2, 0.25) is 0 Å². The fraction of sp³-hybridized carbons (Fsp3) is 0.125. The van der Waals surface area contributed by atoms with Gasteiger partial charge >= 0.3 is 5.97 Å². The first-order chi connectivity index (χ1) is 6.13. The van der Waals surface area contributed by atoms with E-state index in [-0.39, 0.29) is 5.69 Å². The van der Waals surface area contributed by atoms with E-state index < -0.39 is 17.7 Å². The van der Waals surface area contributed by atoms with Crippen molar-refractivity contribution in [2.45, 2.75) is 6.92 Å². The molecule has 0 unspecified atom stereocenters.